The number of anilines is 1. The zero-order valence-electron chi connectivity index (χ0n) is 14.0. The van der Waals surface area contributed by atoms with Gasteiger partial charge in [-0.2, -0.15) is 0 Å². The second-order valence-corrected chi connectivity index (χ2v) is 7.92. The summed E-state index contributed by atoms with van der Waals surface area (Å²) >= 11 is 1.10. The minimum atomic E-state index is -3.84. The maximum Gasteiger partial charge on any atom is 0.338 e. The van der Waals surface area contributed by atoms with Gasteiger partial charge in [-0.15, -0.1) is 11.3 Å². The number of nitrogens with one attached hydrogen (secondary N) is 2. The van der Waals surface area contributed by atoms with Gasteiger partial charge in [0.1, 0.15) is 4.90 Å². The number of hydrogen-bond donors (Lipinski definition) is 2. The van der Waals surface area contributed by atoms with Crippen LogP contribution in [-0.4, -0.2) is 33.9 Å². The summed E-state index contributed by atoms with van der Waals surface area (Å²) in [5.41, 5.74) is 0.638. The van der Waals surface area contributed by atoms with E-state index in [0.717, 1.165) is 11.3 Å². The van der Waals surface area contributed by atoms with E-state index in [4.69, 9.17) is 4.74 Å². The number of esters is 1. The molecule has 0 fully saturated rings. The number of hydrogen-bond acceptors (Lipinski definition) is 6. The van der Waals surface area contributed by atoms with Crippen LogP contribution in [0.1, 0.15) is 31.8 Å². The van der Waals surface area contributed by atoms with E-state index >= 15 is 0 Å². The second kappa shape index (κ2) is 7.66. The van der Waals surface area contributed by atoms with E-state index < -0.39 is 16.0 Å². The summed E-state index contributed by atoms with van der Waals surface area (Å²) in [5.74, 6) is -0.811. The van der Waals surface area contributed by atoms with Crippen molar-refractivity contribution in [2.75, 3.05) is 18.4 Å². The van der Waals surface area contributed by atoms with Crippen LogP contribution in [0.25, 0.3) is 0 Å². The van der Waals surface area contributed by atoms with Crippen LogP contribution >= 0.6 is 11.3 Å². The third kappa shape index (κ3) is 4.37. The molecule has 0 unspecified atom stereocenters. The van der Waals surface area contributed by atoms with Crippen molar-refractivity contribution in [1.29, 1.82) is 0 Å². The van der Waals surface area contributed by atoms with Gasteiger partial charge in [0.2, 0.25) is 0 Å². The van der Waals surface area contributed by atoms with Crippen molar-refractivity contribution in [3.8, 4) is 0 Å². The highest BCUT2D eigenvalue weighted by atomic mass is 32.2. The van der Waals surface area contributed by atoms with Gasteiger partial charge in [0.25, 0.3) is 15.9 Å². The Hall–Kier alpha value is -2.39. The maximum absolute atomic E-state index is 12.5. The van der Waals surface area contributed by atoms with Gasteiger partial charge in [-0.05, 0) is 44.2 Å². The molecule has 1 aromatic carbocycles. The molecule has 0 aliphatic rings. The van der Waals surface area contributed by atoms with Crippen LogP contribution in [-0.2, 0) is 14.8 Å². The molecule has 2 aromatic rings. The van der Waals surface area contributed by atoms with Gasteiger partial charge in [0.15, 0.2) is 0 Å². The van der Waals surface area contributed by atoms with Gasteiger partial charge in [-0.1, -0.05) is 0 Å². The lowest BCUT2D eigenvalue weighted by Crippen LogP contribution is -2.16. The van der Waals surface area contributed by atoms with E-state index in [9.17, 15) is 18.0 Å². The van der Waals surface area contributed by atoms with Gasteiger partial charge in [-0.25, -0.2) is 13.2 Å². The van der Waals surface area contributed by atoms with Crippen LogP contribution in [0.4, 0.5) is 5.69 Å². The summed E-state index contributed by atoms with van der Waals surface area (Å²) in [6.45, 7) is 3.60. The zero-order valence-corrected chi connectivity index (χ0v) is 15.6. The van der Waals surface area contributed by atoms with Crippen LogP contribution in [0.2, 0.25) is 0 Å². The Labute approximate surface area is 150 Å². The SMILES string of the molecule is CCOC(=O)c1ccc(NS(=O)(=O)c2cc(C(=O)NC)sc2C)cc1. The number of amides is 1. The quantitative estimate of drug-likeness (QED) is 0.747. The van der Waals surface area contributed by atoms with Crippen molar-refractivity contribution < 1.29 is 22.7 Å². The molecule has 134 valence electrons. The average Bonchev–Trinajstić information content (AvgIpc) is 2.97. The van der Waals surface area contributed by atoms with E-state index in [1.54, 1.807) is 13.8 Å². The number of benzene rings is 1. The molecule has 0 aliphatic heterocycles. The fourth-order valence-corrected chi connectivity index (χ4v) is 4.66. The first-order valence-electron chi connectivity index (χ1n) is 7.41. The number of carbonyl (C=O) groups is 2. The van der Waals surface area contributed by atoms with E-state index in [-0.39, 0.29) is 17.4 Å². The van der Waals surface area contributed by atoms with Crippen molar-refractivity contribution in [2.45, 2.75) is 18.7 Å². The predicted octanol–water partition coefficient (Wildman–Crippen LogP) is 2.39. The van der Waals surface area contributed by atoms with Gasteiger partial charge >= 0.3 is 5.97 Å². The largest absolute Gasteiger partial charge is 0.462 e. The third-order valence-electron chi connectivity index (χ3n) is 3.26. The number of aryl methyl sites for hydroxylation is 1. The lowest BCUT2D eigenvalue weighted by Gasteiger charge is -2.08. The van der Waals surface area contributed by atoms with Crippen LogP contribution in [0.5, 0.6) is 0 Å². The fraction of sp³-hybridized carbons (Fsp3) is 0.250. The minimum Gasteiger partial charge on any atom is -0.462 e. The molecule has 1 amide bonds. The normalized spacial score (nSPS) is 11.0. The molecule has 25 heavy (non-hydrogen) atoms. The summed E-state index contributed by atoms with van der Waals surface area (Å²) in [4.78, 5) is 24.1. The molecule has 0 spiro atoms. The van der Waals surface area contributed by atoms with Crippen molar-refractivity contribution in [1.82, 2.24) is 5.32 Å². The lowest BCUT2D eigenvalue weighted by molar-refractivity contribution is 0.0526. The number of sulfonamides is 1. The van der Waals surface area contributed by atoms with Crippen molar-refractivity contribution in [3.05, 3.63) is 45.6 Å². The second-order valence-electron chi connectivity index (χ2n) is 5.01. The summed E-state index contributed by atoms with van der Waals surface area (Å²) in [5, 5.41) is 2.46. The van der Waals surface area contributed by atoms with Gasteiger partial charge < -0.3 is 10.1 Å². The molecule has 0 saturated heterocycles. The molecular formula is C16H18N2O5S2. The predicted molar refractivity (Wildman–Crippen MR) is 95.7 cm³/mol. The Morgan fingerprint density at radius 3 is 2.40 bits per heavy atom. The Kier molecular flexibility index (Phi) is 5.81. The Morgan fingerprint density at radius 2 is 1.84 bits per heavy atom. The molecule has 1 aromatic heterocycles. The van der Waals surface area contributed by atoms with Gasteiger partial charge in [0.05, 0.1) is 17.0 Å². The highest BCUT2D eigenvalue weighted by molar-refractivity contribution is 7.93. The first-order valence-corrected chi connectivity index (χ1v) is 9.71. The monoisotopic (exact) mass is 382 g/mol. The van der Waals surface area contributed by atoms with E-state index in [1.807, 2.05) is 0 Å². The van der Waals surface area contributed by atoms with Crippen LogP contribution < -0.4 is 10.0 Å². The molecule has 1 heterocycles. The summed E-state index contributed by atoms with van der Waals surface area (Å²) in [7, 11) is -2.36. The average molecular weight is 382 g/mol. The molecule has 0 atom stereocenters. The minimum absolute atomic E-state index is 0.0468. The summed E-state index contributed by atoms with van der Waals surface area (Å²) < 4.78 is 32.4. The fourth-order valence-electron chi connectivity index (χ4n) is 2.07. The highest BCUT2D eigenvalue weighted by Gasteiger charge is 2.22. The van der Waals surface area contributed by atoms with Crippen LogP contribution in [0.3, 0.4) is 0 Å². The number of carbonyl (C=O) groups excluding carboxylic acids is 2. The molecule has 2 rings (SSSR count). The van der Waals surface area contributed by atoms with Gasteiger partial charge in [-0.3, -0.25) is 9.52 Å². The van der Waals surface area contributed by atoms with Gasteiger partial charge in [0, 0.05) is 17.6 Å². The first-order chi connectivity index (χ1) is 11.8. The molecule has 0 bridgehead atoms. The topological polar surface area (TPSA) is 102 Å². The molecule has 0 radical (unpaired) electrons. The maximum atomic E-state index is 12.5. The van der Waals surface area contributed by atoms with Crippen molar-refractivity contribution >= 4 is 38.9 Å². The summed E-state index contributed by atoms with van der Waals surface area (Å²) in [6.07, 6.45) is 0. The number of ether oxygens (including phenoxy) is 1. The number of rotatable bonds is 6. The third-order valence-corrected chi connectivity index (χ3v) is 5.95. The highest BCUT2D eigenvalue weighted by Crippen LogP contribution is 2.27. The van der Waals surface area contributed by atoms with E-state index in [2.05, 4.69) is 10.0 Å². The molecule has 9 heteroatoms. The molecule has 0 saturated carbocycles. The molecule has 0 aliphatic carbocycles. The van der Waals surface area contributed by atoms with E-state index in [0.29, 0.717) is 21.0 Å². The smallest absolute Gasteiger partial charge is 0.338 e. The Balaban J connectivity index is 2.23. The zero-order chi connectivity index (χ0) is 18.6. The lowest BCUT2D eigenvalue weighted by atomic mass is 10.2. The first kappa shape index (κ1) is 18.9. The molecular weight excluding hydrogens is 364 g/mol. The van der Waals surface area contributed by atoms with E-state index in [1.165, 1.54) is 37.4 Å². The summed E-state index contributed by atoms with van der Waals surface area (Å²) in [6, 6.07) is 7.25. The molecule has 7 nitrogen and oxygen atoms in total. The van der Waals surface area contributed by atoms with Crippen molar-refractivity contribution in [3.63, 3.8) is 0 Å². The molecule has 2 N–H and O–H groups in total. The van der Waals surface area contributed by atoms with Crippen LogP contribution in [0.15, 0.2) is 35.2 Å². The van der Waals surface area contributed by atoms with Crippen molar-refractivity contribution in [2.24, 2.45) is 0 Å². The Morgan fingerprint density at radius 1 is 1.20 bits per heavy atom. The Bertz CT molecular complexity index is 886. The van der Waals surface area contributed by atoms with Crippen LogP contribution in [0, 0.1) is 6.92 Å². The standard InChI is InChI=1S/C16H18N2O5S2/c1-4-23-16(20)11-5-7-12(8-6-11)18-25(21,22)14-9-13(15(19)17-3)24-10(14)2/h5-9,18H,4H2,1-3H3,(H,17,19). The number of thiophene rings is 1.